The molecule has 1 heterocycles. The molecule has 1 aliphatic rings. The minimum Gasteiger partial charge on any atom is -0.350 e. The number of hydrogen-bond donors (Lipinski definition) is 2. The molecule has 0 aliphatic carbocycles. The topological polar surface area (TPSA) is 41.1 Å². The van der Waals surface area contributed by atoms with Crippen LogP contribution in [0.5, 0.6) is 0 Å². The van der Waals surface area contributed by atoms with Crippen LogP contribution in [-0.2, 0) is 4.79 Å². The van der Waals surface area contributed by atoms with Gasteiger partial charge in [0.15, 0.2) is 0 Å². The van der Waals surface area contributed by atoms with E-state index < -0.39 is 0 Å². The summed E-state index contributed by atoms with van der Waals surface area (Å²) in [7, 11) is 0. The summed E-state index contributed by atoms with van der Waals surface area (Å²) in [5.41, 5.74) is 3.69. The monoisotopic (exact) mass is 246 g/mol. The molecule has 1 aromatic carbocycles. The normalized spacial score (nSPS) is 17.1. The highest BCUT2D eigenvalue weighted by Gasteiger charge is 2.21. The second-order valence-electron chi connectivity index (χ2n) is 5.38. The van der Waals surface area contributed by atoms with E-state index in [0.717, 1.165) is 13.1 Å². The van der Waals surface area contributed by atoms with E-state index >= 15 is 0 Å². The highest BCUT2D eigenvalue weighted by molar-refractivity contribution is 5.76. The van der Waals surface area contributed by atoms with Crippen LogP contribution in [0.2, 0.25) is 0 Å². The number of nitrogens with one attached hydrogen (secondary N) is 2. The van der Waals surface area contributed by atoms with Gasteiger partial charge in [0.25, 0.3) is 0 Å². The molecule has 1 aromatic rings. The highest BCUT2D eigenvalue weighted by Crippen LogP contribution is 2.19. The van der Waals surface area contributed by atoms with E-state index in [1.54, 1.807) is 0 Å². The maximum Gasteiger partial charge on any atom is 0.220 e. The van der Waals surface area contributed by atoms with Crippen molar-refractivity contribution in [3.05, 3.63) is 34.9 Å². The Morgan fingerprint density at radius 3 is 2.78 bits per heavy atom. The molecule has 1 fully saturated rings. The fourth-order valence-electron chi connectivity index (χ4n) is 2.36. The molecule has 1 unspecified atom stereocenters. The minimum absolute atomic E-state index is 0.0884. The van der Waals surface area contributed by atoms with Crippen LogP contribution in [0.1, 0.15) is 36.1 Å². The second-order valence-corrected chi connectivity index (χ2v) is 5.38. The number of rotatable bonds is 4. The largest absolute Gasteiger partial charge is 0.350 e. The number of hydrogen-bond acceptors (Lipinski definition) is 2. The van der Waals surface area contributed by atoms with E-state index in [0.29, 0.717) is 12.3 Å². The van der Waals surface area contributed by atoms with Gasteiger partial charge in [-0.15, -0.1) is 0 Å². The van der Waals surface area contributed by atoms with Crippen molar-refractivity contribution in [3.8, 4) is 0 Å². The van der Waals surface area contributed by atoms with E-state index in [1.165, 1.54) is 16.7 Å². The summed E-state index contributed by atoms with van der Waals surface area (Å²) >= 11 is 0. The molecule has 1 amide bonds. The Hall–Kier alpha value is -1.35. The Morgan fingerprint density at radius 2 is 2.17 bits per heavy atom. The van der Waals surface area contributed by atoms with Crippen LogP contribution < -0.4 is 10.6 Å². The Balaban J connectivity index is 1.95. The van der Waals surface area contributed by atoms with Crippen LogP contribution >= 0.6 is 0 Å². The lowest BCUT2D eigenvalue weighted by Crippen LogP contribution is -2.44. The van der Waals surface area contributed by atoms with Crippen molar-refractivity contribution in [1.29, 1.82) is 0 Å². The van der Waals surface area contributed by atoms with Gasteiger partial charge in [0, 0.05) is 6.42 Å². The predicted molar refractivity (Wildman–Crippen MR) is 73.5 cm³/mol. The summed E-state index contributed by atoms with van der Waals surface area (Å²) in [6.07, 6.45) is 0.641. The van der Waals surface area contributed by atoms with E-state index in [2.05, 4.69) is 49.6 Å². The van der Waals surface area contributed by atoms with Crippen LogP contribution in [-0.4, -0.2) is 19.0 Å². The maximum atomic E-state index is 11.9. The molecule has 1 atom stereocenters. The van der Waals surface area contributed by atoms with Crippen molar-refractivity contribution in [3.63, 3.8) is 0 Å². The van der Waals surface area contributed by atoms with E-state index in [4.69, 9.17) is 0 Å². The Bertz CT molecular complexity index is 438. The third-order valence-corrected chi connectivity index (χ3v) is 3.62. The zero-order valence-corrected chi connectivity index (χ0v) is 11.4. The van der Waals surface area contributed by atoms with Crippen molar-refractivity contribution in [2.75, 3.05) is 13.1 Å². The third-order valence-electron chi connectivity index (χ3n) is 3.62. The highest BCUT2D eigenvalue weighted by atomic mass is 16.1. The standard InChI is InChI=1S/C15H22N2O/c1-10-4-5-11(2)14(6-10)12(3)17-15(18)7-13-8-16-9-13/h4-6,12-13,16H,7-9H2,1-3H3,(H,17,18). The van der Waals surface area contributed by atoms with Crippen molar-refractivity contribution in [1.82, 2.24) is 10.6 Å². The van der Waals surface area contributed by atoms with Gasteiger partial charge in [0.2, 0.25) is 5.91 Å². The number of amides is 1. The number of carbonyl (C=O) groups excluding carboxylic acids is 1. The molecule has 0 bridgehead atoms. The molecule has 0 aromatic heterocycles. The van der Waals surface area contributed by atoms with Crippen LogP contribution in [0.25, 0.3) is 0 Å². The first kappa shape index (κ1) is 13.1. The number of carbonyl (C=O) groups is 1. The Labute approximate surface area is 109 Å². The summed E-state index contributed by atoms with van der Waals surface area (Å²) in [5.74, 6) is 0.686. The molecule has 3 heteroatoms. The molecule has 1 saturated heterocycles. The van der Waals surface area contributed by atoms with Crippen LogP contribution in [0.15, 0.2) is 18.2 Å². The summed E-state index contributed by atoms with van der Waals surface area (Å²) in [6, 6.07) is 6.47. The van der Waals surface area contributed by atoms with Crippen molar-refractivity contribution < 1.29 is 4.79 Å². The quantitative estimate of drug-likeness (QED) is 0.854. The lowest BCUT2D eigenvalue weighted by Gasteiger charge is -2.27. The summed E-state index contributed by atoms with van der Waals surface area (Å²) in [4.78, 5) is 11.9. The molecule has 0 radical (unpaired) electrons. The van der Waals surface area contributed by atoms with Gasteiger partial charge in [-0.25, -0.2) is 0 Å². The lowest BCUT2D eigenvalue weighted by atomic mass is 9.97. The number of benzene rings is 1. The molecule has 2 rings (SSSR count). The van der Waals surface area contributed by atoms with E-state index in [1.807, 2.05) is 0 Å². The molecular weight excluding hydrogens is 224 g/mol. The first-order chi connectivity index (χ1) is 8.56. The van der Waals surface area contributed by atoms with Gasteiger partial charge < -0.3 is 10.6 Å². The summed E-state index contributed by atoms with van der Waals surface area (Å²) < 4.78 is 0. The Morgan fingerprint density at radius 1 is 1.44 bits per heavy atom. The van der Waals surface area contributed by atoms with Crippen molar-refractivity contribution in [2.45, 2.75) is 33.2 Å². The van der Waals surface area contributed by atoms with E-state index in [-0.39, 0.29) is 11.9 Å². The van der Waals surface area contributed by atoms with Gasteiger partial charge >= 0.3 is 0 Å². The van der Waals surface area contributed by atoms with Crippen LogP contribution in [0, 0.1) is 19.8 Å². The molecule has 98 valence electrons. The molecule has 2 N–H and O–H groups in total. The van der Waals surface area contributed by atoms with Gasteiger partial charge in [-0.1, -0.05) is 23.8 Å². The molecule has 0 saturated carbocycles. The first-order valence-electron chi connectivity index (χ1n) is 6.63. The molecule has 1 aliphatic heterocycles. The van der Waals surface area contributed by atoms with Crippen LogP contribution in [0.4, 0.5) is 0 Å². The third kappa shape index (κ3) is 3.10. The minimum atomic E-state index is 0.0884. The van der Waals surface area contributed by atoms with Crippen molar-refractivity contribution >= 4 is 5.91 Å². The summed E-state index contributed by atoms with van der Waals surface area (Å²) in [5, 5.41) is 6.28. The average Bonchev–Trinajstić information content (AvgIpc) is 2.27. The zero-order chi connectivity index (χ0) is 13.1. The van der Waals surface area contributed by atoms with Crippen molar-refractivity contribution in [2.24, 2.45) is 5.92 Å². The molecular formula is C15H22N2O. The maximum absolute atomic E-state index is 11.9. The Kier molecular flexibility index (Phi) is 4.02. The fourth-order valence-corrected chi connectivity index (χ4v) is 2.36. The number of aryl methyl sites for hydroxylation is 2. The van der Waals surface area contributed by atoms with Gasteiger partial charge in [-0.2, -0.15) is 0 Å². The summed E-state index contributed by atoms with van der Waals surface area (Å²) in [6.45, 7) is 8.18. The molecule has 18 heavy (non-hydrogen) atoms. The van der Waals surface area contributed by atoms with Gasteiger partial charge in [0.1, 0.15) is 0 Å². The zero-order valence-electron chi connectivity index (χ0n) is 11.4. The lowest BCUT2D eigenvalue weighted by molar-refractivity contribution is -0.123. The van der Waals surface area contributed by atoms with E-state index in [9.17, 15) is 4.79 Å². The SMILES string of the molecule is Cc1ccc(C)c(C(C)NC(=O)CC2CNC2)c1. The average molecular weight is 246 g/mol. The smallest absolute Gasteiger partial charge is 0.220 e. The second kappa shape index (κ2) is 5.53. The van der Waals surface area contributed by atoms with Gasteiger partial charge in [-0.3, -0.25) is 4.79 Å². The molecule has 0 spiro atoms. The molecule has 3 nitrogen and oxygen atoms in total. The van der Waals surface area contributed by atoms with Crippen LogP contribution in [0.3, 0.4) is 0 Å². The van der Waals surface area contributed by atoms with Gasteiger partial charge in [-0.05, 0) is 50.9 Å². The van der Waals surface area contributed by atoms with Gasteiger partial charge in [0.05, 0.1) is 6.04 Å². The predicted octanol–water partition coefficient (Wildman–Crippen LogP) is 2.09. The first-order valence-corrected chi connectivity index (χ1v) is 6.63. The fraction of sp³-hybridized carbons (Fsp3) is 0.533.